The number of hydrogen-bond acceptors (Lipinski definition) is 4. The molecule has 0 spiro atoms. The maximum absolute atomic E-state index is 12.2. The Kier molecular flexibility index (Phi) is 5.12. The fourth-order valence-corrected chi connectivity index (χ4v) is 2.63. The van der Waals surface area contributed by atoms with Crippen LogP contribution >= 0.6 is 11.3 Å². The van der Waals surface area contributed by atoms with Crippen molar-refractivity contribution in [3.8, 4) is 0 Å². The Morgan fingerprint density at radius 1 is 1.40 bits per heavy atom. The SMILES string of the molecule is CCNc1ccccc1C(=O)NCC(C)c1nccs1. The smallest absolute Gasteiger partial charge is 0.253 e. The van der Waals surface area contributed by atoms with Crippen molar-refractivity contribution in [2.45, 2.75) is 19.8 Å². The van der Waals surface area contributed by atoms with Crippen molar-refractivity contribution in [3.63, 3.8) is 0 Å². The summed E-state index contributed by atoms with van der Waals surface area (Å²) in [7, 11) is 0. The number of rotatable bonds is 6. The molecule has 1 aromatic carbocycles. The van der Waals surface area contributed by atoms with E-state index in [2.05, 4.69) is 22.5 Å². The molecule has 1 heterocycles. The summed E-state index contributed by atoms with van der Waals surface area (Å²) < 4.78 is 0. The Morgan fingerprint density at radius 3 is 2.90 bits per heavy atom. The maximum atomic E-state index is 12.2. The van der Waals surface area contributed by atoms with Crippen LogP contribution in [0.5, 0.6) is 0 Å². The number of benzene rings is 1. The second-order valence-corrected chi connectivity index (χ2v) is 5.48. The molecule has 0 fully saturated rings. The number of carbonyl (C=O) groups is 1. The highest BCUT2D eigenvalue weighted by Crippen LogP contribution is 2.18. The Bertz CT molecular complexity index is 554. The van der Waals surface area contributed by atoms with Crippen LogP contribution in [0.3, 0.4) is 0 Å². The predicted molar refractivity (Wildman–Crippen MR) is 83.5 cm³/mol. The van der Waals surface area contributed by atoms with Crippen LogP contribution in [0.15, 0.2) is 35.8 Å². The minimum Gasteiger partial charge on any atom is -0.385 e. The summed E-state index contributed by atoms with van der Waals surface area (Å²) in [5, 5.41) is 9.17. The standard InChI is InChI=1S/C15H19N3OS/c1-3-16-13-7-5-4-6-12(13)14(19)18-10-11(2)15-17-8-9-20-15/h4-9,11,16H,3,10H2,1-2H3,(H,18,19). The number of nitrogens with zero attached hydrogens (tertiary/aromatic N) is 1. The molecule has 2 N–H and O–H groups in total. The lowest BCUT2D eigenvalue weighted by Crippen LogP contribution is -2.28. The van der Waals surface area contributed by atoms with Gasteiger partial charge in [0.05, 0.1) is 10.6 Å². The zero-order chi connectivity index (χ0) is 14.4. The molecule has 5 heteroatoms. The summed E-state index contributed by atoms with van der Waals surface area (Å²) in [5.41, 5.74) is 1.55. The maximum Gasteiger partial charge on any atom is 0.253 e. The largest absolute Gasteiger partial charge is 0.385 e. The summed E-state index contributed by atoms with van der Waals surface area (Å²) in [6.07, 6.45) is 1.79. The van der Waals surface area contributed by atoms with Crippen LogP contribution in [0.1, 0.15) is 35.1 Å². The molecule has 20 heavy (non-hydrogen) atoms. The Hall–Kier alpha value is -1.88. The van der Waals surface area contributed by atoms with E-state index in [4.69, 9.17) is 0 Å². The van der Waals surface area contributed by atoms with Gasteiger partial charge in [-0.2, -0.15) is 0 Å². The van der Waals surface area contributed by atoms with Gasteiger partial charge in [0.1, 0.15) is 0 Å². The van der Waals surface area contributed by atoms with E-state index < -0.39 is 0 Å². The second-order valence-electron chi connectivity index (χ2n) is 4.56. The number of carbonyl (C=O) groups excluding carboxylic acids is 1. The fourth-order valence-electron chi connectivity index (χ4n) is 1.93. The molecular formula is C15H19N3OS. The highest BCUT2D eigenvalue weighted by atomic mass is 32.1. The van der Waals surface area contributed by atoms with E-state index in [1.165, 1.54) is 0 Å². The minimum atomic E-state index is -0.0510. The average molecular weight is 289 g/mol. The lowest BCUT2D eigenvalue weighted by Gasteiger charge is -2.13. The monoisotopic (exact) mass is 289 g/mol. The van der Waals surface area contributed by atoms with Crippen LogP contribution in [0, 0.1) is 0 Å². The molecule has 0 aliphatic carbocycles. The highest BCUT2D eigenvalue weighted by molar-refractivity contribution is 7.09. The van der Waals surface area contributed by atoms with Crippen LogP contribution in [0.4, 0.5) is 5.69 Å². The van der Waals surface area contributed by atoms with E-state index in [0.717, 1.165) is 17.2 Å². The average Bonchev–Trinajstić information content (AvgIpc) is 2.99. The molecule has 4 nitrogen and oxygen atoms in total. The van der Waals surface area contributed by atoms with Gasteiger partial charge in [0.2, 0.25) is 0 Å². The molecule has 1 amide bonds. The molecule has 1 aromatic heterocycles. The van der Waals surface area contributed by atoms with E-state index in [0.29, 0.717) is 12.1 Å². The number of nitrogens with one attached hydrogen (secondary N) is 2. The number of aromatic nitrogens is 1. The van der Waals surface area contributed by atoms with Gasteiger partial charge in [-0.15, -0.1) is 11.3 Å². The quantitative estimate of drug-likeness (QED) is 0.859. The third-order valence-electron chi connectivity index (χ3n) is 2.98. The van der Waals surface area contributed by atoms with E-state index in [1.54, 1.807) is 17.5 Å². The Balaban J connectivity index is 1.98. The molecule has 0 aliphatic heterocycles. The molecule has 106 valence electrons. The molecule has 1 atom stereocenters. The van der Waals surface area contributed by atoms with Crippen molar-refractivity contribution in [2.75, 3.05) is 18.4 Å². The molecule has 0 radical (unpaired) electrons. The first-order valence-electron chi connectivity index (χ1n) is 6.72. The van der Waals surface area contributed by atoms with E-state index in [9.17, 15) is 4.79 Å². The van der Waals surface area contributed by atoms with Gasteiger partial charge in [-0.1, -0.05) is 19.1 Å². The van der Waals surface area contributed by atoms with E-state index in [1.807, 2.05) is 36.6 Å². The molecular weight excluding hydrogens is 270 g/mol. The first kappa shape index (κ1) is 14.5. The van der Waals surface area contributed by atoms with Gasteiger partial charge in [0.25, 0.3) is 5.91 Å². The van der Waals surface area contributed by atoms with Crippen LogP contribution in [-0.2, 0) is 0 Å². The topological polar surface area (TPSA) is 54.0 Å². The van der Waals surface area contributed by atoms with Crippen LogP contribution in [0.2, 0.25) is 0 Å². The van der Waals surface area contributed by atoms with Crippen molar-refractivity contribution in [2.24, 2.45) is 0 Å². The van der Waals surface area contributed by atoms with Crippen molar-refractivity contribution in [1.82, 2.24) is 10.3 Å². The van der Waals surface area contributed by atoms with Gasteiger partial charge in [0.15, 0.2) is 0 Å². The zero-order valence-corrected chi connectivity index (χ0v) is 12.5. The van der Waals surface area contributed by atoms with Gasteiger partial charge in [0, 0.05) is 36.3 Å². The number of para-hydroxylation sites is 1. The van der Waals surface area contributed by atoms with Crippen molar-refractivity contribution >= 4 is 22.9 Å². The van der Waals surface area contributed by atoms with Crippen LogP contribution < -0.4 is 10.6 Å². The van der Waals surface area contributed by atoms with Crippen LogP contribution in [0.25, 0.3) is 0 Å². The molecule has 2 aromatic rings. The molecule has 0 bridgehead atoms. The lowest BCUT2D eigenvalue weighted by atomic mass is 10.1. The lowest BCUT2D eigenvalue weighted by molar-refractivity contribution is 0.0952. The first-order chi connectivity index (χ1) is 9.72. The van der Waals surface area contributed by atoms with Crippen molar-refractivity contribution in [1.29, 1.82) is 0 Å². The van der Waals surface area contributed by atoms with E-state index in [-0.39, 0.29) is 11.8 Å². The molecule has 0 aliphatic rings. The summed E-state index contributed by atoms with van der Waals surface area (Å²) >= 11 is 1.62. The van der Waals surface area contributed by atoms with Gasteiger partial charge >= 0.3 is 0 Å². The van der Waals surface area contributed by atoms with Gasteiger partial charge in [-0.3, -0.25) is 4.79 Å². The fraction of sp³-hybridized carbons (Fsp3) is 0.333. The van der Waals surface area contributed by atoms with Crippen LogP contribution in [-0.4, -0.2) is 24.0 Å². The number of amides is 1. The summed E-state index contributed by atoms with van der Waals surface area (Å²) in [6, 6.07) is 7.55. The van der Waals surface area contributed by atoms with Gasteiger partial charge in [-0.25, -0.2) is 4.98 Å². The summed E-state index contributed by atoms with van der Waals surface area (Å²) in [6.45, 7) is 5.46. The Labute approximate surface area is 123 Å². The van der Waals surface area contributed by atoms with E-state index >= 15 is 0 Å². The third kappa shape index (κ3) is 3.57. The predicted octanol–water partition coefficient (Wildman–Crippen LogP) is 3.11. The normalized spacial score (nSPS) is 11.9. The number of thiazole rings is 1. The molecule has 1 unspecified atom stereocenters. The van der Waals surface area contributed by atoms with Gasteiger partial charge in [-0.05, 0) is 19.1 Å². The zero-order valence-electron chi connectivity index (χ0n) is 11.7. The number of hydrogen-bond donors (Lipinski definition) is 2. The summed E-state index contributed by atoms with van der Waals surface area (Å²) in [4.78, 5) is 16.5. The van der Waals surface area contributed by atoms with Crippen molar-refractivity contribution in [3.05, 3.63) is 46.4 Å². The first-order valence-corrected chi connectivity index (χ1v) is 7.60. The number of anilines is 1. The van der Waals surface area contributed by atoms with Gasteiger partial charge < -0.3 is 10.6 Å². The molecule has 0 saturated heterocycles. The molecule has 0 saturated carbocycles. The Morgan fingerprint density at radius 2 is 2.20 bits per heavy atom. The third-order valence-corrected chi connectivity index (χ3v) is 3.99. The summed E-state index contributed by atoms with van der Waals surface area (Å²) in [5.74, 6) is 0.176. The molecule has 2 rings (SSSR count). The van der Waals surface area contributed by atoms with Crippen molar-refractivity contribution < 1.29 is 4.79 Å². The highest BCUT2D eigenvalue weighted by Gasteiger charge is 2.13. The minimum absolute atomic E-state index is 0.0510. The second kappa shape index (κ2) is 7.05.